The number of aliphatic hydroxyl groups excluding tert-OH is 1. The number of rotatable bonds is 3. The number of aliphatic hydroxyl groups is 1. The molecule has 82 valence electrons. The molecule has 0 aromatic heterocycles. The largest absolute Gasteiger partial charge is 0.386 e. The molecular formula is C11H15NOS2. The van der Waals surface area contributed by atoms with Crippen LogP contribution in [0, 0.1) is 0 Å². The zero-order valence-corrected chi connectivity index (χ0v) is 10.5. The van der Waals surface area contributed by atoms with Gasteiger partial charge in [0.2, 0.25) is 0 Å². The summed E-state index contributed by atoms with van der Waals surface area (Å²) >= 11 is 9.03. The summed E-state index contributed by atoms with van der Waals surface area (Å²) in [5, 5.41) is 10.1. The Balaban J connectivity index is 2.77. The molecule has 4 heteroatoms. The fourth-order valence-electron chi connectivity index (χ4n) is 1.31. The highest BCUT2D eigenvalue weighted by molar-refractivity contribution is 8.10. The predicted octanol–water partition coefficient (Wildman–Crippen LogP) is 2.26. The smallest absolute Gasteiger partial charge is 0.133 e. The normalized spacial score (nSPS) is 14.4. The van der Waals surface area contributed by atoms with Crippen molar-refractivity contribution in [3.63, 3.8) is 0 Å². The van der Waals surface area contributed by atoms with E-state index in [1.807, 2.05) is 44.3 Å². The van der Waals surface area contributed by atoms with Crippen molar-refractivity contribution in [3.8, 4) is 0 Å². The molecule has 2 atom stereocenters. The van der Waals surface area contributed by atoms with E-state index in [0.717, 1.165) is 5.56 Å². The average molecular weight is 241 g/mol. The van der Waals surface area contributed by atoms with Gasteiger partial charge in [-0.3, -0.25) is 0 Å². The maximum absolute atomic E-state index is 10.1. The van der Waals surface area contributed by atoms with Gasteiger partial charge >= 0.3 is 0 Å². The van der Waals surface area contributed by atoms with E-state index in [9.17, 15) is 5.11 Å². The molecule has 0 bridgehead atoms. The first kappa shape index (κ1) is 12.5. The van der Waals surface area contributed by atoms with Crippen LogP contribution in [0.3, 0.4) is 0 Å². The number of nitrogens with zero attached hydrogens (tertiary/aromatic N) is 1. The van der Waals surface area contributed by atoms with Crippen LogP contribution in [0.15, 0.2) is 30.3 Å². The van der Waals surface area contributed by atoms with Crippen LogP contribution in [-0.4, -0.2) is 27.4 Å². The van der Waals surface area contributed by atoms with Crippen molar-refractivity contribution in [2.75, 3.05) is 7.05 Å². The van der Waals surface area contributed by atoms with Crippen LogP contribution in [0.4, 0.5) is 0 Å². The van der Waals surface area contributed by atoms with E-state index >= 15 is 0 Å². The lowest BCUT2D eigenvalue weighted by Gasteiger charge is -2.29. The number of hydrogen-bond acceptors (Lipinski definition) is 2. The number of hydrogen-bond donors (Lipinski definition) is 2. The van der Waals surface area contributed by atoms with E-state index in [0.29, 0.717) is 4.32 Å². The molecule has 1 aromatic rings. The molecule has 0 unspecified atom stereocenters. The first-order valence-electron chi connectivity index (χ1n) is 4.72. The lowest BCUT2D eigenvalue weighted by Crippen LogP contribution is -2.35. The molecule has 1 aromatic carbocycles. The van der Waals surface area contributed by atoms with Crippen molar-refractivity contribution in [1.82, 2.24) is 4.90 Å². The SMILES string of the molecule is C[C@@H]([C@H](O)c1ccccc1)N(C)C(=S)S. The zero-order valence-electron chi connectivity index (χ0n) is 8.79. The van der Waals surface area contributed by atoms with Crippen LogP contribution in [0.1, 0.15) is 18.6 Å². The Hall–Kier alpha value is -0.580. The highest BCUT2D eigenvalue weighted by Gasteiger charge is 2.20. The molecule has 0 fully saturated rings. The van der Waals surface area contributed by atoms with Gasteiger partial charge in [0.15, 0.2) is 0 Å². The number of thiocarbonyl (C=S) groups is 1. The number of benzene rings is 1. The Morgan fingerprint density at radius 1 is 1.40 bits per heavy atom. The Morgan fingerprint density at radius 3 is 2.40 bits per heavy atom. The van der Waals surface area contributed by atoms with E-state index < -0.39 is 6.10 Å². The highest BCUT2D eigenvalue weighted by atomic mass is 32.1. The maximum atomic E-state index is 10.1. The second kappa shape index (κ2) is 5.49. The van der Waals surface area contributed by atoms with Gasteiger partial charge < -0.3 is 10.0 Å². The van der Waals surface area contributed by atoms with E-state index in [2.05, 4.69) is 12.6 Å². The van der Waals surface area contributed by atoms with Gasteiger partial charge in [-0.15, -0.1) is 12.6 Å². The van der Waals surface area contributed by atoms with Crippen LogP contribution in [0.2, 0.25) is 0 Å². The van der Waals surface area contributed by atoms with E-state index in [-0.39, 0.29) is 6.04 Å². The summed E-state index contributed by atoms with van der Waals surface area (Å²) in [6.45, 7) is 1.92. The summed E-state index contributed by atoms with van der Waals surface area (Å²) < 4.78 is 0.484. The first-order chi connectivity index (χ1) is 7.04. The molecule has 0 aliphatic heterocycles. The lowest BCUT2D eigenvalue weighted by molar-refractivity contribution is 0.106. The van der Waals surface area contributed by atoms with Gasteiger partial charge in [-0.05, 0) is 12.5 Å². The average Bonchev–Trinajstić information content (AvgIpc) is 2.27. The predicted molar refractivity (Wildman–Crippen MR) is 70.2 cm³/mol. The third kappa shape index (κ3) is 3.19. The van der Waals surface area contributed by atoms with E-state index in [1.165, 1.54) is 0 Å². The Morgan fingerprint density at radius 2 is 1.93 bits per heavy atom. The Kier molecular flexibility index (Phi) is 4.57. The molecule has 0 saturated heterocycles. The van der Waals surface area contributed by atoms with Crippen molar-refractivity contribution >= 4 is 29.2 Å². The summed E-state index contributed by atoms with van der Waals surface area (Å²) in [6, 6.07) is 9.45. The van der Waals surface area contributed by atoms with Crippen LogP contribution in [0.5, 0.6) is 0 Å². The molecule has 0 aliphatic rings. The fourth-order valence-corrected chi connectivity index (χ4v) is 1.66. The number of thiol groups is 1. The first-order valence-corrected chi connectivity index (χ1v) is 5.58. The van der Waals surface area contributed by atoms with Crippen molar-refractivity contribution in [2.45, 2.75) is 19.1 Å². The summed E-state index contributed by atoms with van der Waals surface area (Å²) in [6.07, 6.45) is -0.554. The molecule has 1 rings (SSSR count). The molecular weight excluding hydrogens is 226 g/mol. The van der Waals surface area contributed by atoms with Crippen molar-refractivity contribution in [3.05, 3.63) is 35.9 Å². The van der Waals surface area contributed by atoms with Gasteiger partial charge in [0.05, 0.1) is 12.1 Å². The zero-order chi connectivity index (χ0) is 11.4. The summed E-state index contributed by atoms with van der Waals surface area (Å²) in [5.41, 5.74) is 0.890. The minimum absolute atomic E-state index is 0.0857. The van der Waals surface area contributed by atoms with Gasteiger partial charge in [0.25, 0.3) is 0 Å². The molecule has 0 radical (unpaired) electrons. The lowest BCUT2D eigenvalue weighted by atomic mass is 10.0. The number of likely N-dealkylation sites (N-methyl/N-ethyl adjacent to an activating group) is 1. The molecule has 0 aliphatic carbocycles. The van der Waals surface area contributed by atoms with Gasteiger partial charge in [0, 0.05) is 7.05 Å². The van der Waals surface area contributed by atoms with E-state index in [1.54, 1.807) is 4.90 Å². The maximum Gasteiger partial charge on any atom is 0.133 e. The fraction of sp³-hybridized carbons (Fsp3) is 0.364. The van der Waals surface area contributed by atoms with Gasteiger partial charge in [-0.2, -0.15) is 0 Å². The van der Waals surface area contributed by atoms with Crippen molar-refractivity contribution in [1.29, 1.82) is 0 Å². The molecule has 1 N–H and O–H groups in total. The monoisotopic (exact) mass is 241 g/mol. The summed E-state index contributed by atoms with van der Waals surface area (Å²) in [7, 11) is 1.83. The minimum atomic E-state index is -0.554. The molecule has 15 heavy (non-hydrogen) atoms. The highest BCUT2D eigenvalue weighted by Crippen LogP contribution is 2.20. The van der Waals surface area contributed by atoms with Crippen LogP contribution >= 0.6 is 24.8 Å². The van der Waals surface area contributed by atoms with Crippen LogP contribution in [-0.2, 0) is 0 Å². The summed E-state index contributed by atoms with van der Waals surface area (Å²) in [4.78, 5) is 1.77. The van der Waals surface area contributed by atoms with Gasteiger partial charge in [0.1, 0.15) is 4.32 Å². The second-order valence-corrected chi connectivity index (χ2v) is 4.60. The van der Waals surface area contributed by atoms with Crippen molar-refractivity contribution in [2.24, 2.45) is 0 Å². The van der Waals surface area contributed by atoms with E-state index in [4.69, 9.17) is 12.2 Å². The molecule has 0 saturated carbocycles. The van der Waals surface area contributed by atoms with Crippen LogP contribution < -0.4 is 0 Å². The third-order valence-electron chi connectivity index (χ3n) is 2.51. The topological polar surface area (TPSA) is 23.5 Å². The third-order valence-corrected chi connectivity index (χ3v) is 3.11. The van der Waals surface area contributed by atoms with Gasteiger partial charge in [-0.25, -0.2) is 0 Å². The standard InChI is InChI=1S/C11H15NOS2/c1-8(12(2)11(14)15)10(13)9-6-4-3-5-7-9/h3-8,10,13H,1-2H3,(H,14,15)/t8-,10-/m0/s1. The molecule has 2 nitrogen and oxygen atoms in total. The quantitative estimate of drug-likeness (QED) is 0.627. The second-order valence-electron chi connectivity index (χ2n) is 3.49. The van der Waals surface area contributed by atoms with Crippen molar-refractivity contribution < 1.29 is 5.11 Å². The summed E-state index contributed by atoms with van der Waals surface area (Å²) in [5.74, 6) is 0. The Labute approximate surface area is 101 Å². The van der Waals surface area contributed by atoms with Crippen LogP contribution in [0.25, 0.3) is 0 Å². The molecule has 0 amide bonds. The minimum Gasteiger partial charge on any atom is -0.386 e. The molecule has 0 spiro atoms. The Bertz CT molecular complexity index is 329. The van der Waals surface area contributed by atoms with Gasteiger partial charge in [-0.1, -0.05) is 42.5 Å². The molecule has 0 heterocycles.